The maximum Gasteiger partial charge on any atom is 0.327 e. The first-order valence-corrected chi connectivity index (χ1v) is 5.36. The monoisotopic (exact) mass is 288 g/mol. The number of alkyl halides is 3. The van der Waals surface area contributed by atoms with Crippen molar-refractivity contribution >= 4 is 63.2 Å². The Labute approximate surface area is 103 Å². The topological polar surface area (TPSA) is 84.0 Å². The smallest absolute Gasteiger partial charge is 0.282 e. The third-order valence-electron chi connectivity index (χ3n) is 1.07. The zero-order chi connectivity index (χ0) is 11.5. The summed E-state index contributed by atoms with van der Waals surface area (Å²) < 4.78 is -2.18. The number of carbonyl (C=O) groups is 2. The summed E-state index contributed by atoms with van der Waals surface area (Å²) in [5.74, 6) is -1.05. The van der Waals surface area contributed by atoms with Gasteiger partial charge in [-0.3, -0.25) is 15.4 Å². The minimum Gasteiger partial charge on any atom is -0.282 e. The van der Waals surface area contributed by atoms with Gasteiger partial charge in [-0.15, -0.1) is 10.2 Å². The molecule has 0 radical (unpaired) electrons. The molecule has 3 amide bonds. The number of hydrogen-bond donors (Lipinski definition) is 2. The van der Waals surface area contributed by atoms with Gasteiger partial charge in [0.05, 0.1) is 0 Å². The van der Waals surface area contributed by atoms with E-state index in [2.05, 4.69) is 15.5 Å². The van der Waals surface area contributed by atoms with E-state index in [0.717, 1.165) is 11.3 Å². The van der Waals surface area contributed by atoms with Crippen LogP contribution in [0.1, 0.15) is 0 Å². The van der Waals surface area contributed by atoms with Crippen LogP contribution >= 0.6 is 46.1 Å². The van der Waals surface area contributed by atoms with Gasteiger partial charge in [0.15, 0.2) is 0 Å². The molecule has 0 saturated carbocycles. The van der Waals surface area contributed by atoms with Crippen LogP contribution in [-0.2, 0) is 4.79 Å². The van der Waals surface area contributed by atoms with E-state index in [9.17, 15) is 9.59 Å². The van der Waals surface area contributed by atoms with Crippen LogP contribution in [0, 0.1) is 0 Å². The van der Waals surface area contributed by atoms with E-state index in [1.807, 2.05) is 5.32 Å². The van der Waals surface area contributed by atoms with Gasteiger partial charge < -0.3 is 0 Å². The highest BCUT2D eigenvalue weighted by Gasteiger charge is 2.32. The van der Waals surface area contributed by atoms with Crippen LogP contribution in [-0.4, -0.2) is 25.9 Å². The summed E-state index contributed by atoms with van der Waals surface area (Å²) in [6.45, 7) is 0. The molecule has 1 heterocycles. The molecule has 1 rings (SSSR count). The summed E-state index contributed by atoms with van der Waals surface area (Å²) in [5.41, 5.74) is 1.41. The lowest BCUT2D eigenvalue weighted by molar-refractivity contribution is -0.119. The fourth-order valence-electron chi connectivity index (χ4n) is 0.530. The Morgan fingerprint density at radius 3 is 2.53 bits per heavy atom. The van der Waals surface area contributed by atoms with Gasteiger partial charge in [0.2, 0.25) is 5.13 Å². The Morgan fingerprint density at radius 1 is 1.40 bits per heavy atom. The molecule has 1 aromatic rings. The van der Waals surface area contributed by atoms with E-state index in [1.54, 1.807) is 0 Å². The van der Waals surface area contributed by atoms with E-state index in [0.29, 0.717) is 0 Å². The Bertz CT molecular complexity index is 363. The molecule has 0 unspecified atom stereocenters. The van der Waals surface area contributed by atoms with Gasteiger partial charge in [0.25, 0.3) is 9.70 Å². The van der Waals surface area contributed by atoms with Gasteiger partial charge >= 0.3 is 6.03 Å². The maximum atomic E-state index is 11.1. The van der Waals surface area contributed by atoms with Crippen LogP contribution in [0.4, 0.5) is 9.93 Å². The van der Waals surface area contributed by atoms with Crippen LogP contribution in [0.2, 0.25) is 0 Å². The number of aromatic nitrogens is 2. The second-order valence-corrected chi connectivity index (χ2v) is 5.26. The van der Waals surface area contributed by atoms with E-state index in [4.69, 9.17) is 34.8 Å². The van der Waals surface area contributed by atoms with Crippen molar-refractivity contribution in [2.24, 2.45) is 0 Å². The normalized spacial score (nSPS) is 10.9. The number of anilines is 1. The molecule has 0 spiro atoms. The second-order valence-electron chi connectivity index (χ2n) is 2.15. The van der Waals surface area contributed by atoms with Gasteiger partial charge in [-0.05, 0) is 0 Å². The van der Waals surface area contributed by atoms with E-state index in [-0.39, 0.29) is 5.13 Å². The van der Waals surface area contributed by atoms with Gasteiger partial charge in [-0.25, -0.2) is 4.79 Å². The number of nitrogens with one attached hydrogen (secondary N) is 2. The first-order chi connectivity index (χ1) is 6.89. The Kier molecular flexibility index (Phi) is 4.09. The standard InChI is InChI=1S/C5H3Cl3N4O2S/c6-5(7,8)2(13)10-3(14)11-4-12-9-1-15-4/h1H,(H2,10,11,12,13,14). The number of urea groups is 1. The molecule has 82 valence electrons. The molecule has 0 aliphatic heterocycles. The van der Waals surface area contributed by atoms with E-state index in [1.165, 1.54) is 5.51 Å². The van der Waals surface area contributed by atoms with Crippen molar-refractivity contribution in [1.29, 1.82) is 0 Å². The molecule has 15 heavy (non-hydrogen) atoms. The number of halogens is 3. The minimum atomic E-state index is -2.18. The van der Waals surface area contributed by atoms with Crippen molar-refractivity contribution in [3.8, 4) is 0 Å². The van der Waals surface area contributed by atoms with E-state index >= 15 is 0 Å². The first kappa shape index (κ1) is 12.4. The van der Waals surface area contributed by atoms with Crippen LogP contribution in [0.25, 0.3) is 0 Å². The summed E-state index contributed by atoms with van der Waals surface area (Å²) >= 11 is 16.8. The Balaban J connectivity index is 2.47. The number of imide groups is 1. The number of rotatable bonds is 1. The number of nitrogens with zero attached hydrogens (tertiary/aromatic N) is 2. The van der Waals surface area contributed by atoms with Crippen LogP contribution in [0.15, 0.2) is 5.51 Å². The van der Waals surface area contributed by atoms with Crippen LogP contribution in [0.3, 0.4) is 0 Å². The SMILES string of the molecule is O=C(NC(=O)C(Cl)(Cl)Cl)Nc1nncs1. The predicted molar refractivity (Wildman–Crippen MR) is 57.4 cm³/mol. The highest BCUT2D eigenvalue weighted by molar-refractivity contribution is 7.13. The summed E-state index contributed by atoms with van der Waals surface area (Å²) in [6.07, 6.45) is 0. The minimum absolute atomic E-state index is 0.226. The zero-order valence-electron chi connectivity index (χ0n) is 6.83. The molecule has 6 nitrogen and oxygen atoms in total. The Hall–Kier alpha value is -0.630. The zero-order valence-corrected chi connectivity index (χ0v) is 9.91. The molecule has 1 aromatic heterocycles. The molecule has 0 atom stereocenters. The summed E-state index contributed by atoms with van der Waals surface area (Å²) in [7, 11) is 0. The molecular formula is C5H3Cl3N4O2S. The third kappa shape index (κ3) is 4.17. The molecule has 0 aliphatic carbocycles. The van der Waals surface area contributed by atoms with Gasteiger partial charge in [0.1, 0.15) is 5.51 Å². The van der Waals surface area contributed by atoms with Crippen molar-refractivity contribution in [2.75, 3.05) is 5.32 Å². The fourth-order valence-corrected chi connectivity index (χ4v) is 1.11. The van der Waals surface area contributed by atoms with Crippen molar-refractivity contribution < 1.29 is 9.59 Å². The van der Waals surface area contributed by atoms with Crippen molar-refractivity contribution in [3.05, 3.63) is 5.51 Å². The predicted octanol–water partition coefficient (Wildman–Crippen LogP) is 1.56. The largest absolute Gasteiger partial charge is 0.327 e. The molecule has 0 saturated heterocycles. The molecule has 10 heteroatoms. The molecule has 0 fully saturated rings. The molecule has 0 aromatic carbocycles. The summed E-state index contributed by atoms with van der Waals surface area (Å²) in [5, 5.41) is 11.2. The number of hydrogen-bond acceptors (Lipinski definition) is 5. The van der Waals surface area contributed by atoms with Crippen LogP contribution in [0.5, 0.6) is 0 Å². The van der Waals surface area contributed by atoms with E-state index < -0.39 is 15.7 Å². The quantitative estimate of drug-likeness (QED) is 0.768. The molecule has 0 aliphatic rings. The lowest BCUT2D eigenvalue weighted by Gasteiger charge is -2.09. The average molecular weight is 290 g/mol. The van der Waals surface area contributed by atoms with Crippen LogP contribution < -0.4 is 10.6 Å². The highest BCUT2D eigenvalue weighted by atomic mass is 35.6. The first-order valence-electron chi connectivity index (χ1n) is 3.35. The lowest BCUT2D eigenvalue weighted by Crippen LogP contribution is -2.41. The molecular weight excluding hydrogens is 287 g/mol. The lowest BCUT2D eigenvalue weighted by atomic mass is 10.7. The Morgan fingerprint density at radius 2 is 2.07 bits per heavy atom. The number of amides is 3. The average Bonchev–Trinajstić information content (AvgIpc) is 2.54. The molecule has 2 N–H and O–H groups in total. The third-order valence-corrected chi connectivity index (χ3v) is 2.19. The number of carbonyl (C=O) groups excluding carboxylic acids is 2. The molecule has 0 bridgehead atoms. The van der Waals surface area contributed by atoms with Crippen molar-refractivity contribution in [3.63, 3.8) is 0 Å². The summed E-state index contributed by atoms with van der Waals surface area (Å²) in [6, 6.07) is -0.844. The van der Waals surface area contributed by atoms with Gasteiger partial charge in [0, 0.05) is 0 Å². The van der Waals surface area contributed by atoms with Gasteiger partial charge in [-0.2, -0.15) is 0 Å². The van der Waals surface area contributed by atoms with Gasteiger partial charge in [-0.1, -0.05) is 46.1 Å². The second kappa shape index (κ2) is 4.93. The fraction of sp³-hybridized carbons (Fsp3) is 0.200. The maximum absolute atomic E-state index is 11.1. The van der Waals surface area contributed by atoms with Crippen molar-refractivity contribution in [1.82, 2.24) is 15.5 Å². The summed E-state index contributed by atoms with van der Waals surface area (Å²) in [4.78, 5) is 22.1. The highest BCUT2D eigenvalue weighted by Crippen LogP contribution is 2.25. The van der Waals surface area contributed by atoms with Crippen molar-refractivity contribution in [2.45, 2.75) is 3.79 Å².